The highest BCUT2D eigenvalue weighted by molar-refractivity contribution is 5.42. The molecule has 0 spiro atoms. The fourth-order valence-electron chi connectivity index (χ4n) is 1.86. The molecule has 0 heterocycles. The summed E-state index contributed by atoms with van der Waals surface area (Å²) in [7, 11) is 0. The summed E-state index contributed by atoms with van der Waals surface area (Å²) in [5.41, 5.74) is 1.32. The van der Waals surface area contributed by atoms with Gasteiger partial charge < -0.3 is 14.6 Å². The maximum Gasteiger partial charge on any atom is 0.137 e. The quantitative estimate of drug-likeness (QED) is 0.828. The van der Waals surface area contributed by atoms with Crippen molar-refractivity contribution in [2.24, 2.45) is 0 Å². The highest BCUT2D eigenvalue weighted by Crippen LogP contribution is 2.19. The van der Waals surface area contributed by atoms with Gasteiger partial charge in [-0.2, -0.15) is 5.26 Å². The molecule has 0 saturated carbocycles. The lowest BCUT2D eigenvalue weighted by atomic mass is 10.1. The van der Waals surface area contributed by atoms with Gasteiger partial charge in [0.2, 0.25) is 0 Å². The van der Waals surface area contributed by atoms with E-state index in [2.05, 4.69) is 6.07 Å². The Morgan fingerprint density at radius 1 is 1.10 bits per heavy atom. The Morgan fingerprint density at radius 3 is 2.62 bits per heavy atom. The summed E-state index contributed by atoms with van der Waals surface area (Å²) in [6.45, 7) is 2.42. The summed E-state index contributed by atoms with van der Waals surface area (Å²) in [6, 6.07) is 16.5. The van der Waals surface area contributed by atoms with Gasteiger partial charge in [-0.3, -0.25) is 0 Å². The fourth-order valence-corrected chi connectivity index (χ4v) is 1.86. The lowest BCUT2D eigenvalue weighted by Crippen LogP contribution is -2.09. The Morgan fingerprint density at radius 2 is 1.86 bits per heavy atom. The van der Waals surface area contributed by atoms with Crippen molar-refractivity contribution in [2.75, 3.05) is 13.2 Å². The van der Waals surface area contributed by atoms with Crippen LogP contribution in [-0.2, 0) is 0 Å². The number of nitriles is 1. The van der Waals surface area contributed by atoms with E-state index in [4.69, 9.17) is 14.7 Å². The van der Waals surface area contributed by atoms with E-state index in [1.165, 1.54) is 0 Å². The molecule has 1 unspecified atom stereocenters. The molecule has 0 radical (unpaired) electrons. The third kappa shape index (κ3) is 4.23. The molecule has 0 aliphatic rings. The Labute approximate surface area is 124 Å². The Bertz CT molecular complexity index is 632. The zero-order chi connectivity index (χ0) is 15.1. The molecule has 0 aliphatic heterocycles. The second kappa shape index (κ2) is 7.32. The Kier molecular flexibility index (Phi) is 5.19. The molecule has 4 nitrogen and oxygen atoms in total. The van der Waals surface area contributed by atoms with Crippen LogP contribution in [0.15, 0.2) is 48.5 Å². The lowest BCUT2D eigenvalue weighted by molar-refractivity contribution is 0.196. The smallest absolute Gasteiger partial charge is 0.137 e. The normalized spacial score (nSPS) is 11.5. The molecule has 0 saturated heterocycles. The number of hydrogen-bond acceptors (Lipinski definition) is 4. The van der Waals surface area contributed by atoms with Gasteiger partial charge in [0.05, 0.1) is 11.7 Å². The summed E-state index contributed by atoms with van der Waals surface area (Å²) in [6.07, 6.45) is -0.521. The monoisotopic (exact) mass is 283 g/mol. The van der Waals surface area contributed by atoms with E-state index in [1.54, 1.807) is 31.2 Å². The first-order valence-electron chi connectivity index (χ1n) is 6.73. The average molecular weight is 283 g/mol. The molecule has 2 rings (SSSR count). The fraction of sp³-hybridized carbons (Fsp3) is 0.235. The summed E-state index contributed by atoms with van der Waals surface area (Å²) in [5.74, 6) is 1.24. The zero-order valence-corrected chi connectivity index (χ0v) is 11.8. The molecule has 0 fully saturated rings. The van der Waals surface area contributed by atoms with E-state index < -0.39 is 6.10 Å². The lowest BCUT2D eigenvalue weighted by Gasteiger charge is -2.11. The van der Waals surface area contributed by atoms with Crippen LogP contribution < -0.4 is 9.47 Å². The largest absolute Gasteiger partial charge is 0.490 e. The van der Waals surface area contributed by atoms with Crippen LogP contribution in [0, 0.1) is 11.3 Å². The van der Waals surface area contributed by atoms with Crippen molar-refractivity contribution in [2.45, 2.75) is 13.0 Å². The summed E-state index contributed by atoms with van der Waals surface area (Å²) in [4.78, 5) is 0. The maximum atomic E-state index is 9.52. The number of benzene rings is 2. The number of nitrogens with zero attached hydrogens (tertiary/aromatic N) is 1. The highest BCUT2D eigenvalue weighted by Gasteiger charge is 2.03. The predicted molar refractivity (Wildman–Crippen MR) is 79.2 cm³/mol. The number of aliphatic hydroxyl groups excluding tert-OH is 1. The van der Waals surface area contributed by atoms with Crippen molar-refractivity contribution in [1.29, 1.82) is 5.26 Å². The summed E-state index contributed by atoms with van der Waals surface area (Å²) in [5, 5.41) is 18.5. The number of aliphatic hydroxyl groups is 1. The van der Waals surface area contributed by atoms with E-state index in [0.717, 1.165) is 5.56 Å². The molecule has 0 bridgehead atoms. The number of ether oxygens (including phenoxy) is 2. The van der Waals surface area contributed by atoms with Crippen molar-refractivity contribution in [1.82, 2.24) is 0 Å². The first kappa shape index (κ1) is 14.9. The minimum absolute atomic E-state index is 0.345. The zero-order valence-electron chi connectivity index (χ0n) is 11.8. The van der Waals surface area contributed by atoms with E-state index in [0.29, 0.717) is 30.3 Å². The third-order valence-corrected chi connectivity index (χ3v) is 2.96. The molecule has 2 aromatic rings. The van der Waals surface area contributed by atoms with Gasteiger partial charge in [-0.25, -0.2) is 0 Å². The first-order chi connectivity index (χ1) is 10.2. The molecule has 0 amide bonds. The van der Waals surface area contributed by atoms with Gasteiger partial charge in [0.1, 0.15) is 30.8 Å². The molecule has 108 valence electrons. The third-order valence-electron chi connectivity index (χ3n) is 2.96. The molecule has 2 aromatic carbocycles. The van der Waals surface area contributed by atoms with Gasteiger partial charge in [-0.1, -0.05) is 24.3 Å². The van der Waals surface area contributed by atoms with Crippen LogP contribution in [0.3, 0.4) is 0 Å². The van der Waals surface area contributed by atoms with Crippen LogP contribution in [-0.4, -0.2) is 18.3 Å². The van der Waals surface area contributed by atoms with E-state index in [9.17, 15) is 5.11 Å². The molecule has 21 heavy (non-hydrogen) atoms. The van der Waals surface area contributed by atoms with E-state index >= 15 is 0 Å². The Hall–Kier alpha value is -2.51. The summed E-state index contributed by atoms with van der Waals surface area (Å²) < 4.78 is 11.1. The number of rotatable bonds is 6. The molecule has 1 atom stereocenters. The number of hydrogen-bond donors (Lipinski definition) is 1. The van der Waals surface area contributed by atoms with Crippen LogP contribution in [0.2, 0.25) is 0 Å². The SMILES string of the molecule is CC(O)c1cccc(OCCOc2ccccc2C#N)c1. The molecule has 0 aromatic heterocycles. The molecular formula is C17H17NO3. The second-order valence-corrected chi connectivity index (χ2v) is 4.55. The van der Waals surface area contributed by atoms with Crippen LogP contribution in [0.1, 0.15) is 24.2 Å². The van der Waals surface area contributed by atoms with E-state index in [-0.39, 0.29) is 0 Å². The minimum atomic E-state index is -0.521. The first-order valence-corrected chi connectivity index (χ1v) is 6.73. The topological polar surface area (TPSA) is 62.5 Å². The van der Waals surface area contributed by atoms with Crippen molar-refractivity contribution in [3.05, 3.63) is 59.7 Å². The van der Waals surface area contributed by atoms with Crippen molar-refractivity contribution in [3.63, 3.8) is 0 Å². The van der Waals surface area contributed by atoms with Crippen molar-refractivity contribution in [3.8, 4) is 17.6 Å². The van der Waals surface area contributed by atoms with Crippen molar-refractivity contribution < 1.29 is 14.6 Å². The molecule has 4 heteroatoms. The van der Waals surface area contributed by atoms with Crippen LogP contribution in [0.25, 0.3) is 0 Å². The summed E-state index contributed by atoms with van der Waals surface area (Å²) >= 11 is 0. The highest BCUT2D eigenvalue weighted by atomic mass is 16.5. The van der Waals surface area contributed by atoms with Gasteiger partial charge in [0.15, 0.2) is 0 Å². The standard InChI is InChI=1S/C17H17NO3/c1-13(19)14-6-4-7-16(11-14)20-9-10-21-17-8-3-2-5-15(17)12-18/h2-8,11,13,19H,9-10H2,1H3. The molecular weight excluding hydrogens is 266 g/mol. The predicted octanol–water partition coefficient (Wildman–Crippen LogP) is 3.07. The van der Waals surface area contributed by atoms with Gasteiger partial charge in [-0.15, -0.1) is 0 Å². The maximum absolute atomic E-state index is 9.52. The van der Waals surface area contributed by atoms with Crippen molar-refractivity contribution >= 4 is 0 Å². The van der Waals surface area contributed by atoms with Gasteiger partial charge in [0, 0.05) is 0 Å². The van der Waals surface area contributed by atoms with Gasteiger partial charge >= 0.3 is 0 Å². The van der Waals surface area contributed by atoms with Crippen LogP contribution in [0.4, 0.5) is 0 Å². The number of para-hydroxylation sites is 1. The Balaban J connectivity index is 1.85. The molecule has 0 aliphatic carbocycles. The van der Waals surface area contributed by atoms with Crippen LogP contribution in [0.5, 0.6) is 11.5 Å². The van der Waals surface area contributed by atoms with Crippen LogP contribution >= 0.6 is 0 Å². The van der Waals surface area contributed by atoms with Gasteiger partial charge in [-0.05, 0) is 36.8 Å². The second-order valence-electron chi connectivity index (χ2n) is 4.55. The van der Waals surface area contributed by atoms with E-state index in [1.807, 2.05) is 24.3 Å². The minimum Gasteiger partial charge on any atom is -0.490 e. The average Bonchev–Trinajstić information content (AvgIpc) is 2.52. The van der Waals surface area contributed by atoms with Gasteiger partial charge in [0.25, 0.3) is 0 Å². The molecule has 1 N–H and O–H groups in total.